The molecular formula is C9H19IN2O. The molecule has 1 amide bonds. The highest BCUT2D eigenvalue weighted by atomic mass is 127. The second-order valence-electron chi connectivity index (χ2n) is 4.21. The zero-order chi connectivity index (χ0) is 10.5. The van der Waals surface area contributed by atoms with E-state index in [1.54, 1.807) is 0 Å². The van der Waals surface area contributed by atoms with E-state index in [0.717, 1.165) is 17.6 Å². The van der Waals surface area contributed by atoms with Crippen LogP contribution in [-0.4, -0.2) is 35.5 Å². The van der Waals surface area contributed by atoms with Gasteiger partial charge in [0.15, 0.2) is 0 Å². The summed E-state index contributed by atoms with van der Waals surface area (Å²) in [6.45, 7) is 7.40. The Labute approximate surface area is 94.4 Å². The third-order valence-electron chi connectivity index (χ3n) is 1.66. The Bertz CT molecular complexity index is 165. The van der Waals surface area contributed by atoms with Gasteiger partial charge in [-0.1, -0.05) is 43.4 Å². The van der Waals surface area contributed by atoms with E-state index in [1.807, 2.05) is 27.8 Å². The summed E-state index contributed by atoms with van der Waals surface area (Å²) in [5.41, 5.74) is -0.275. The summed E-state index contributed by atoms with van der Waals surface area (Å²) in [6, 6.07) is 0. The number of amides is 1. The van der Waals surface area contributed by atoms with E-state index in [4.69, 9.17) is 0 Å². The topological polar surface area (TPSA) is 32.3 Å². The molecule has 0 spiro atoms. The molecule has 4 heteroatoms. The second kappa shape index (κ2) is 5.80. The summed E-state index contributed by atoms with van der Waals surface area (Å²) >= 11 is 2.30. The Morgan fingerprint density at radius 1 is 1.46 bits per heavy atom. The molecule has 0 aliphatic carbocycles. The number of rotatable bonds is 4. The lowest BCUT2D eigenvalue weighted by atomic mass is 9.96. The van der Waals surface area contributed by atoms with Gasteiger partial charge in [-0.05, 0) is 7.05 Å². The standard InChI is InChI=1S/C9H19IN2O/c1-9(2,3)8(13)11-5-6-12(4)7-10/h5-7H2,1-4H3,(H,11,13). The highest BCUT2D eigenvalue weighted by molar-refractivity contribution is 14.1. The van der Waals surface area contributed by atoms with Gasteiger partial charge in [-0.2, -0.15) is 0 Å². The number of nitrogens with zero attached hydrogens (tertiary/aromatic N) is 1. The first-order chi connectivity index (χ1) is 5.88. The van der Waals surface area contributed by atoms with Gasteiger partial charge >= 0.3 is 0 Å². The minimum absolute atomic E-state index is 0.120. The number of carbonyl (C=O) groups excluding carboxylic acids is 1. The van der Waals surface area contributed by atoms with Crippen molar-refractivity contribution in [2.24, 2.45) is 5.41 Å². The normalized spacial score (nSPS) is 11.8. The van der Waals surface area contributed by atoms with Crippen molar-refractivity contribution in [1.29, 1.82) is 0 Å². The van der Waals surface area contributed by atoms with E-state index < -0.39 is 0 Å². The maximum absolute atomic E-state index is 11.4. The molecular weight excluding hydrogens is 279 g/mol. The van der Waals surface area contributed by atoms with E-state index in [2.05, 4.69) is 32.8 Å². The Hall–Kier alpha value is 0.160. The molecule has 0 aliphatic heterocycles. The molecule has 0 aliphatic rings. The van der Waals surface area contributed by atoms with Gasteiger partial charge in [0.1, 0.15) is 0 Å². The maximum Gasteiger partial charge on any atom is 0.225 e. The Balaban J connectivity index is 3.60. The van der Waals surface area contributed by atoms with Crippen molar-refractivity contribution < 1.29 is 4.79 Å². The fourth-order valence-corrected chi connectivity index (χ4v) is 1.03. The molecule has 78 valence electrons. The highest BCUT2D eigenvalue weighted by Gasteiger charge is 2.20. The molecule has 0 saturated carbocycles. The van der Waals surface area contributed by atoms with Crippen molar-refractivity contribution in [3.63, 3.8) is 0 Å². The Kier molecular flexibility index (Phi) is 5.87. The average Bonchev–Trinajstić information content (AvgIpc) is 2.02. The number of likely N-dealkylation sites (N-methyl/N-ethyl adjacent to an activating group) is 1. The third kappa shape index (κ3) is 6.26. The van der Waals surface area contributed by atoms with Crippen molar-refractivity contribution in [2.75, 3.05) is 24.7 Å². The van der Waals surface area contributed by atoms with Crippen molar-refractivity contribution >= 4 is 28.5 Å². The molecule has 0 aromatic rings. The number of carbonyl (C=O) groups is 1. The zero-order valence-corrected chi connectivity index (χ0v) is 11.0. The number of hydrogen-bond acceptors (Lipinski definition) is 2. The van der Waals surface area contributed by atoms with Gasteiger partial charge in [0, 0.05) is 18.5 Å². The van der Waals surface area contributed by atoms with E-state index in [0.29, 0.717) is 0 Å². The van der Waals surface area contributed by atoms with Crippen LogP contribution in [0.15, 0.2) is 0 Å². The monoisotopic (exact) mass is 298 g/mol. The summed E-state index contributed by atoms with van der Waals surface area (Å²) < 4.78 is 0.989. The van der Waals surface area contributed by atoms with Crippen LogP contribution >= 0.6 is 22.6 Å². The van der Waals surface area contributed by atoms with Gasteiger partial charge in [-0.3, -0.25) is 9.69 Å². The van der Waals surface area contributed by atoms with Crippen LogP contribution in [-0.2, 0) is 4.79 Å². The minimum atomic E-state index is -0.275. The number of nitrogens with one attached hydrogen (secondary N) is 1. The van der Waals surface area contributed by atoms with E-state index in [9.17, 15) is 4.79 Å². The fourth-order valence-electron chi connectivity index (χ4n) is 0.685. The van der Waals surface area contributed by atoms with E-state index >= 15 is 0 Å². The number of hydrogen-bond donors (Lipinski definition) is 1. The molecule has 1 N–H and O–H groups in total. The molecule has 0 radical (unpaired) electrons. The summed E-state index contributed by atoms with van der Waals surface area (Å²) in [5, 5.41) is 2.90. The van der Waals surface area contributed by atoms with Crippen LogP contribution < -0.4 is 5.32 Å². The predicted molar refractivity (Wildman–Crippen MR) is 64.0 cm³/mol. The van der Waals surface area contributed by atoms with Crippen LogP contribution in [0.2, 0.25) is 0 Å². The molecule has 0 unspecified atom stereocenters. The second-order valence-corrected chi connectivity index (χ2v) is 4.89. The predicted octanol–water partition coefficient (Wildman–Crippen LogP) is 1.47. The average molecular weight is 298 g/mol. The maximum atomic E-state index is 11.4. The first kappa shape index (κ1) is 13.2. The first-order valence-electron chi connectivity index (χ1n) is 4.40. The SMILES string of the molecule is CN(CI)CCNC(=O)C(C)(C)C. The quantitative estimate of drug-likeness (QED) is 0.484. The molecule has 0 rings (SSSR count). The third-order valence-corrected chi connectivity index (χ3v) is 2.83. The van der Waals surface area contributed by atoms with Gasteiger partial charge in [0.25, 0.3) is 0 Å². The Morgan fingerprint density at radius 3 is 2.38 bits per heavy atom. The van der Waals surface area contributed by atoms with Crippen molar-refractivity contribution in [1.82, 2.24) is 10.2 Å². The Morgan fingerprint density at radius 2 is 2.00 bits per heavy atom. The molecule has 0 aromatic heterocycles. The lowest BCUT2D eigenvalue weighted by Crippen LogP contribution is -2.38. The lowest BCUT2D eigenvalue weighted by molar-refractivity contribution is -0.128. The van der Waals surface area contributed by atoms with Crippen molar-refractivity contribution in [3.8, 4) is 0 Å². The van der Waals surface area contributed by atoms with Crippen LogP contribution in [0, 0.1) is 5.41 Å². The van der Waals surface area contributed by atoms with Gasteiger partial charge < -0.3 is 5.32 Å². The molecule has 0 aromatic carbocycles. The first-order valence-corrected chi connectivity index (χ1v) is 5.93. The zero-order valence-electron chi connectivity index (χ0n) is 8.85. The molecule has 0 bridgehead atoms. The summed E-state index contributed by atoms with van der Waals surface area (Å²) in [6.07, 6.45) is 0. The number of alkyl halides is 1. The van der Waals surface area contributed by atoms with Crippen LogP contribution in [0.3, 0.4) is 0 Å². The van der Waals surface area contributed by atoms with Crippen LogP contribution in [0.25, 0.3) is 0 Å². The summed E-state index contributed by atoms with van der Waals surface area (Å²) in [4.78, 5) is 13.6. The van der Waals surface area contributed by atoms with E-state index in [-0.39, 0.29) is 11.3 Å². The highest BCUT2D eigenvalue weighted by Crippen LogP contribution is 2.11. The largest absolute Gasteiger partial charge is 0.354 e. The molecule has 0 saturated heterocycles. The van der Waals surface area contributed by atoms with Gasteiger partial charge in [0.05, 0.1) is 4.55 Å². The van der Waals surface area contributed by atoms with Crippen LogP contribution in [0.5, 0.6) is 0 Å². The number of halogens is 1. The van der Waals surface area contributed by atoms with Crippen LogP contribution in [0.4, 0.5) is 0 Å². The van der Waals surface area contributed by atoms with Gasteiger partial charge in [-0.25, -0.2) is 0 Å². The molecule has 0 atom stereocenters. The summed E-state index contributed by atoms with van der Waals surface area (Å²) in [5.74, 6) is 0.120. The smallest absolute Gasteiger partial charge is 0.225 e. The molecule has 0 fully saturated rings. The van der Waals surface area contributed by atoms with E-state index in [1.165, 1.54) is 0 Å². The fraction of sp³-hybridized carbons (Fsp3) is 0.889. The van der Waals surface area contributed by atoms with Crippen molar-refractivity contribution in [2.45, 2.75) is 20.8 Å². The minimum Gasteiger partial charge on any atom is -0.354 e. The van der Waals surface area contributed by atoms with Crippen LogP contribution in [0.1, 0.15) is 20.8 Å². The summed E-state index contributed by atoms with van der Waals surface area (Å²) in [7, 11) is 2.04. The van der Waals surface area contributed by atoms with Gasteiger partial charge in [0.2, 0.25) is 5.91 Å². The van der Waals surface area contributed by atoms with Gasteiger partial charge in [-0.15, -0.1) is 0 Å². The lowest BCUT2D eigenvalue weighted by Gasteiger charge is -2.19. The molecule has 0 heterocycles. The molecule has 13 heavy (non-hydrogen) atoms. The van der Waals surface area contributed by atoms with Crippen molar-refractivity contribution in [3.05, 3.63) is 0 Å². The molecule has 3 nitrogen and oxygen atoms in total.